The van der Waals surface area contributed by atoms with Gasteiger partial charge in [0, 0.05) is 12.5 Å². The lowest BCUT2D eigenvalue weighted by Gasteiger charge is -2.23. The maximum atomic E-state index is 10.1. The van der Waals surface area contributed by atoms with Crippen molar-refractivity contribution in [1.82, 2.24) is 0 Å². The number of hydrogen-bond donors (Lipinski definition) is 2. The molecular formula is C9H15NO2. The Morgan fingerprint density at radius 2 is 2.50 bits per heavy atom. The summed E-state index contributed by atoms with van der Waals surface area (Å²) in [6.07, 6.45) is 5.21. The standard InChI is InChI=1S/C9H15NO2/c10-7-3-4-9(11,6-7)8-2-1-5-12-8/h2,7,11H,1,3-6,10H2. The fraction of sp³-hybridized carbons (Fsp3) is 0.778. The van der Waals surface area contributed by atoms with Crippen LogP contribution < -0.4 is 5.73 Å². The lowest BCUT2D eigenvalue weighted by Crippen LogP contribution is -2.30. The molecule has 0 spiro atoms. The molecule has 0 aromatic heterocycles. The molecule has 1 saturated carbocycles. The van der Waals surface area contributed by atoms with Gasteiger partial charge in [-0.25, -0.2) is 0 Å². The van der Waals surface area contributed by atoms with Gasteiger partial charge in [-0.05, 0) is 25.3 Å². The van der Waals surface area contributed by atoms with E-state index in [1.807, 2.05) is 6.08 Å². The van der Waals surface area contributed by atoms with Gasteiger partial charge < -0.3 is 15.6 Å². The third kappa shape index (κ3) is 1.23. The number of aliphatic hydroxyl groups is 1. The maximum Gasteiger partial charge on any atom is 0.124 e. The summed E-state index contributed by atoms with van der Waals surface area (Å²) in [5, 5.41) is 10.1. The minimum atomic E-state index is -0.740. The number of nitrogens with two attached hydrogens (primary N) is 1. The average molecular weight is 169 g/mol. The summed E-state index contributed by atoms with van der Waals surface area (Å²) < 4.78 is 5.34. The number of rotatable bonds is 1. The Bertz CT molecular complexity index is 215. The molecule has 0 aromatic carbocycles. The van der Waals surface area contributed by atoms with E-state index >= 15 is 0 Å². The van der Waals surface area contributed by atoms with Gasteiger partial charge in [0.1, 0.15) is 11.4 Å². The second-order valence-corrected chi connectivity index (χ2v) is 3.74. The smallest absolute Gasteiger partial charge is 0.124 e. The SMILES string of the molecule is NC1CCC(O)(C2=CCCO2)C1. The molecule has 3 nitrogen and oxygen atoms in total. The van der Waals surface area contributed by atoms with Crippen LogP contribution in [0.4, 0.5) is 0 Å². The van der Waals surface area contributed by atoms with Crippen molar-refractivity contribution in [3.05, 3.63) is 11.8 Å². The normalized spacial score (nSPS) is 41.2. The lowest BCUT2D eigenvalue weighted by molar-refractivity contribution is 0.0241. The number of hydrogen-bond acceptors (Lipinski definition) is 3. The Kier molecular flexibility index (Phi) is 1.85. The van der Waals surface area contributed by atoms with Crippen LogP contribution in [0, 0.1) is 0 Å². The molecule has 3 heteroatoms. The van der Waals surface area contributed by atoms with Crippen LogP contribution in [0.5, 0.6) is 0 Å². The van der Waals surface area contributed by atoms with E-state index in [4.69, 9.17) is 10.5 Å². The number of ether oxygens (including phenoxy) is 1. The van der Waals surface area contributed by atoms with Crippen molar-refractivity contribution < 1.29 is 9.84 Å². The van der Waals surface area contributed by atoms with Gasteiger partial charge >= 0.3 is 0 Å². The molecule has 2 atom stereocenters. The highest BCUT2D eigenvalue weighted by Gasteiger charge is 2.41. The fourth-order valence-corrected chi connectivity index (χ4v) is 2.03. The van der Waals surface area contributed by atoms with E-state index < -0.39 is 5.60 Å². The summed E-state index contributed by atoms with van der Waals surface area (Å²) in [7, 11) is 0. The zero-order valence-electron chi connectivity index (χ0n) is 7.12. The van der Waals surface area contributed by atoms with Crippen molar-refractivity contribution in [2.75, 3.05) is 6.61 Å². The Morgan fingerprint density at radius 3 is 3.00 bits per heavy atom. The second-order valence-electron chi connectivity index (χ2n) is 3.74. The molecule has 0 aromatic rings. The van der Waals surface area contributed by atoms with Crippen LogP contribution in [0.25, 0.3) is 0 Å². The van der Waals surface area contributed by atoms with Crippen LogP contribution in [0.15, 0.2) is 11.8 Å². The highest BCUT2D eigenvalue weighted by molar-refractivity contribution is 5.16. The van der Waals surface area contributed by atoms with Gasteiger partial charge in [0.25, 0.3) is 0 Å². The molecule has 1 fully saturated rings. The molecule has 0 amide bonds. The van der Waals surface area contributed by atoms with Crippen LogP contribution in [-0.4, -0.2) is 23.4 Å². The van der Waals surface area contributed by atoms with Gasteiger partial charge in [-0.15, -0.1) is 0 Å². The van der Waals surface area contributed by atoms with Crippen molar-refractivity contribution in [1.29, 1.82) is 0 Å². The van der Waals surface area contributed by atoms with E-state index in [0.29, 0.717) is 13.0 Å². The van der Waals surface area contributed by atoms with Crippen molar-refractivity contribution >= 4 is 0 Å². The monoisotopic (exact) mass is 169 g/mol. The van der Waals surface area contributed by atoms with E-state index in [0.717, 1.165) is 25.0 Å². The van der Waals surface area contributed by atoms with Crippen LogP contribution in [0.2, 0.25) is 0 Å². The van der Waals surface area contributed by atoms with E-state index in [9.17, 15) is 5.11 Å². The molecule has 2 aliphatic rings. The zero-order chi connectivity index (χ0) is 8.60. The Balaban J connectivity index is 2.10. The topological polar surface area (TPSA) is 55.5 Å². The van der Waals surface area contributed by atoms with Crippen molar-refractivity contribution in [2.24, 2.45) is 5.73 Å². The molecule has 3 N–H and O–H groups in total. The predicted octanol–water partition coefficient (Wildman–Crippen LogP) is 0.533. The van der Waals surface area contributed by atoms with E-state index in [-0.39, 0.29) is 6.04 Å². The molecule has 1 aliphatic heterocycles. The fourth-order valence-electron chi connectivity index (χ4n) is 2.03. The maximum absolute atomic E-state index is 10.1. The average Bonchev–Trinajstić information content (AvgIpc) is 2.59. The molecular weight excluding hydrogens is 154 g/mol. The molecule has 2 unspecified atom stereocenters. The van der Waals surface area contributed by atoms with Gasteiger partial charge in [-0.2, -0.15) is 0 Å². The van der Waals surface area contributed by atoms with E-state index in [1.165, 1.54) is 0 Å². The summed E-state index contributed by atoms with van der Waals surface area (Å²) >= 11 is 0. The Hall–Kier alpha value is -0.540. The van der Waals surface area contributed by atoms with Crippen LogP contribution in [-0.2, 0) is 4.74 Å². The Morgan fingerprint density at radius 1 is 1.67 bits per heavy atom. The summed E-state index contributed by atoms with van der Waals surface area (Å²) in [6.45, 7) is 0.715. The highest BCUT2D eigenvalue weighted by atomic mass is 16.5. The van der Waals surface area contributed by atoms with Crippen LogP contribution >= 0.6 is 0 Å². The van der Waals surface area contributed by atoms with E-state index in [2.05, 4.69) is 0 Å². The minimum absolute atomic E-state index is 0.139. The molecule has 0 bridgehead atoms. The quantitative estimate of drug-likeness (QED) is 0.602. The lowest BCUT2D eigenvalue weighted by atomic mass is 9.99. The van der Waals surface area contributed by atoms with Gasteiger partial charge in [0.05, 0.1) is 6.61 Å². The molecule has 0 saturated heterocycles. The van der Waals surface area contributed by atoms with Gasteiger partial charge in [-0.1, -0.05) is 0 Å². The molecule has 0 radical (unpaired) electrons. The van der Waals surface area contributed by atoms with Crippen LogP contribution in [0.1, 0.15) is 25.7 Å². The summed E-state index contributed by atoms with van der Waals surface area (Å²) in [4.78, 5) is 0. The van der Waals surface area contributed by atoms with E-state index in [1.54, 1.807) is 0 Å². The van der Waals surface area contributed by atoms with Crippen molar-refractivity contribution in [2.45, 2.75) is 37.3 Å². The first-order valence-electron chi connectivity index (χ1n) is 4.52. The van der Waals surface area contributed by atoms with Gasteiger partial charge in [0.15, 0.2) is 0 Å². The van der Waals surface area contributed by atoms with Gasteiger partial charge in [-0.3, -0.25) is 0 Å². The zero-order valence-corrected chi connectivity index (χ0v) is 7.12. The van der Waals surface area contributed by atoms with Crippen molar-refractivity contribution in [3.63, 3.8) is 0 Å². The molecule has 2 rings (SSSR count). The third-order valence-electron chi connectivity index (χ3n) is 2.69. The first-order valence-corrected chi connectivity index (χ1v) is 4.52. The van der Waals surface area contributed by atoms with Crippen molar-refractivity contribution in [3.8, 4) is 0 Å². The van der Waals surface area contributed by atoms with Gasteiger partial charge in [0.2, 0.25) is 0 Å². The minimum Gasteiger partial charge on any atom is -0.495 e. The first-order chi connectivity index (χ1) is 5.71. The summed E-state index contributed by atoms with van der Waals surface area (Å²) in [5.74, 6) is 0.760. The highest BCUT2D eigenvalue weighted by Crippen LogP contribution is 2.37. The second kappa shape index (κ2) is 2.75. The third-order valence-corrected chi connectivity index (χ3v) is 2.69. The molecule has 1 aliphatic carbocycles. The largest absolute Gasteiger partial charge is 0.495 e. The van der Waals surface area contributed by atoms with Crippen LogP contribution in [0.3, 0.4) is 0 Å². The molecule has 1 heterocycles. The Labute approximate surface area is 72.2 Å². The molecule has 68 valence electrons. The predicted molar refractivity (Wildman–Crippen MR) is 45.4 cm³/mol. The first kappa shape index (κ1) is 8.08. The molecule has 12 heavy (non-hydrogen) atoms. The summed E-state index contributed by atoms with van der Waals surface area (Å²) in [6, 6.07) is 0.139. The summed E-state index contributed by atoms with van der Waals surface area (Å²) in [5.41, 5.74) is 5.00.